The lowest BCUT2D eigenvalue weighted by molar-refractivity contribution is -0.145. The number of esters is 1. The highest BCUT2D eigenvalue weighted by atomic mass is 16.5. The van der Waals surface area contributed by atoms with Gasteiger partial charge in [-0.3, -0.25) is 4.79 Å². The highest BCUT2D eigenvalue weighted by molar-refractivity contribution is 5.69. The summed E-state index contributed by atoms with van der Waals surface area (Å²) in [6.45, 7) is 4.37. The molecule has 3 nitrogen and oxygen atoms in total. The third-order valence-electron chi connectivity index (χ3n) is 2.13. The Morgan fingerprint density at radius 2 is 2.06 bits per heavy atom. The van der Waals surface area contributed by atoms with Crippen molar-refractivity contribution in [3.05, 3.63) is 42.0 Å². The van der Waals surface area contributed by atoms with E-state index >= 15 is 0 Å². The molecule has 86 valence electrons. The molecule has 0 saturated heterocycles. The number of carbonyl (C=O) groups excluding carboxylic acids is 1. The molecule has 0 aromatic heterocycles. The van der Waals surface area contributed by atoms with E-state index in [1.165, 1.54) is 0 Å². The van der Waals surface area contributed by atoms with Crippen LogP contribution in [-0.2, 0) is 20.9 Å². The zero-order valence-corrected chi connectivity index (χ0v) is 9.44. The number of hydrogen-bond acceptors (Lipinski definition) is 3. The molecule has 0 aliphatic rings. The van der Waals surface area contributed by atoms with Crippen LogP contribution in [0, 0.1) is 0 Å². The van der Waals surface area contributed by atoms with Gasteiger partial charge in [0.15, 0.2) is 0 Å². The Morgan fingerprint density at radius 3 is 2.62 bits per heavy atom. The largest absolute Gasteiger partial charge is 0.461 e. The minimum absolute atomic E-state index is 0.241. The number of carbonyl (C=O) groups is 1. The van der Waals surface area contributed by atoms with Gasteiger partial charge in [0.1, 0.15) is 6.61 Å². The molecule has 0 heterocycles. The average molecular weight is 220 g/mol. The maximum absolute atomic E-state index is 11.2. The molecule has 16 heavy (non-hydrogen) atoms. The number of benzene rings is 1. The number of methoxy groups -OCH3 is 1. The monoisotopic (exact) mass is 220 g/mol. The molecule has 0 aliphatic carbocycles. The maximum atomic E-state index is 11.2. The Kier molecular flexibility index (Phi) is 5.29. The van der Waals surface area contributed by atoms with Crippen molar-refractivity contribution < 1.29 is 14.3 Å². The number of rotatable bonds is 6. The summed E-state index contributed by atoms with van der Waals surface area (Å²) in [6.07, 6.45) is 2.07. The first-order valence-electron chi connectivity index (χ1n) is 5.12. The van der Waals surface area contributed by atoms with Gasteiger partial charge in [-0.05, 0) is 11.1 Å². The molecular weight excluding hydrogens is 204 g/mol. The summed E-state index contributed by atoms with van der Waals surface area (Å²) in [5, 5.41) is 0. The molecule has 0 atom stereocenters. The lowest BCUT2D eigenvalue weighted by Crippen LogP contribution is -2.07. The summed E-state index contributed by atoms with van der Waals surface area (Å²) in [7, 11) is 1.56. The Morgan fingerprint density at radius 1 is 1.38 bits per heavy atom. The molecule has 1 aromatic rings. The molecule has 0 fully saturated rings. The van der Waals surface area contributed by atoms with Gasteiger partial charge >= 0.3 is 5.97 Å². The molecule has 1 aromatic carbocycles. The summed E-state index contributed by atoms with van der Waals surface area (Å²) in [5.41, 5.74) is 2.02. The van der Waals surface area contributed by atoms with Gasteiger partial charge in [0, 0.05) is 7.11 Å². The van der Waals surface area contributed by atoms with E-state index in [-0.39, 0.29) is 5.97 Å². The van der Waals surface area contributed by atoms with Gasteiger partial charge in [0.05, 0.1) is 13.0 Å². The first kappa shape index (κ1) is 12.5. The fraction of sp³-hybridized carbons (Fsp3) is 0.308. The first-order chi connectivity index (χ1) is 7.76. The standard InChI is InChI=1S/C13H16O3/c1-3-11-4-6-12(7-5-11)10-16-13(14)8-9-15-2/h3-7H,1,8-10H2,2H3. The van der Waals surface area contributed by atoms with Crippen molar-refractivity contribution in [3.63, 3.8) is 0 Å². The molecular formula is C13H16O3. The second-order valence-electron chi connectivity index (χ2n) is 3.35. The zero-order chi connectivity index (χ0) is 11.8. The van der Waals surface area contributed by atoms with Crippen molar-refractivity contribution in [1.29, 1.82) is 0 Å². The Hall–Kier alpha value is -1.61. The van der Waals surface area contributed by atoms with Crippen molar-refractivity contribution in [2.75, 3.05) is 13.7 Å². The molecule has 0 N–H and O–H groups in total. The number of hydrogen-bond donors (Lipinski definition) is 0. The maximum Gasteiger partial charge on any atom is 0.308 e. The van der Waals surface area contributed by atoms with E-state index in [0.717, 1.165) is 11.1 Å². The molecule has 0 spiro atoms. The van der Waals surface area contributed by atoms with Crippen LogP contribution in [0.1, 0.15) is 17.5 Å². The molecule has 0 radical (unpaired) electrons. The third kappa shape index (κ3) is 4.28. The lowest BCUT2D eigenvalue weighted by Gasteiger charge is -2.04. The van der Waals surface area contributed by atoms with Gasteiger partial charge in [-0.2, -0.15) is 0 Å². The topological polar surface area (TPSA) is 35.5 Å². The lowest BCUT2D eigenvalue weighted by atomic mass is 10.1. The fourth-order valence-electron chi connectivity index (χ4n) is 1.17. The van der Waals surface area contributed by atoms with E-state index in [0.29, 0.717) is 19.6 Å². The summed E-state index contributed by atoms with van der Waals surface area (Å²) < 4.78 is 9.84. The van der Waals surface area contributed by atoms with Gasteiger partial charge < -0.3 is 9.47 Å². The summed E-state index contributed by atoms with van der Waals surface area (Å²) in [5.74, 6) is -0.241. The van der Waals surface area contributed by atoms with Crippen LogP contribution in [0.4, 0.5) is 0 Å². The van der Waals surface area contributed by atoms with Crippen molar-refractivity contribution in [2.24, 2.45) is 0 Å². The van der Waals surface area contributed by atoms with Crippen molar-refractivity contribution >= 4 is 12.0 Å². The summed E-state index contributed by atoms with van der Waals surface area (Å²) >= 11 is 0. The van der Waals surface area contributed by atoms with Crippen molar-refractivity contribution in [3.8, 4) is 0 Å². The molecule has 0 unspecified atom stereocenters. The van der Waals surface area contributed by atoms with E-state index < -0.39 is 0 Å². The van der Waals surface area contributed by atoms with Crippen LogP contribution < -0.4 is 0 Å². The predicted molar refractivity (Wildman–Crippen MR) is 62.8 cm³/mol. The summed E-state index contributed by atoms with van der Waals surface area (Å²) in [6, 6.07) is 7.71. The Labute approximate surface area is 95.7 Å². The highest BCUT2D eigenvalue weighted by Gasteiger charge is 2.02. The number of ether oxygens (including phenoxy) is 2. The van der Waals surface area contributed by atoms with Crippen LogP contribution in [0.25, 0.3) is 6.08 Å². The molecule has 0 bridgehead atoms. The second kappa shape index (κ2) is 6.80. The fourth-order valence-corrected chi connectivity index (χ4v) is 1.17. The van der Waals surface area contributed by atoms with Crippen molar-refractivity contribution in [1.82, 2.24) is 0 Å². The SMILES string of the molecule is C=Cc1ccc(COC(=O)CCOC)cc1. The molecule has 1 rings (SSSR count). The first-order valence-corrected chi connectivity index (χ1v) is 5.12. The van der Waals surface area contributed by atoms with Crippen LogP contribution >= 0.6 is 0 Å². The van der Waals surface area contributed by atoms with Crippen LogP contribution in [-0.4, -0.2) is 19.7 Å². The van der Waals surface area contributed by atoms with E-state index in [2.05, 4.69) is 6.58 Å². The second-order valence-corrected chi connectivity index (χ2v) is 3.35. The van der Waals surface area contributed by atoms with E-state index in [1.54, 1.807) is 13.2 Å². The minimum atomic E-state index is -0.241. The van der Waals surface area contributed by atoms with Crippen LogP contribution in [0.5, 0.6) is 0 Å². The minimum Gasteiger partial charge on any atom is -0.461 e. The van der Waals surface area contributed by atoms with Gasteiger partial charge in [0.2, 0.25) is 0 Å². The third-order valence-corrected chi connectivity index (χ3v) is 2.13. The summed E-state index contributed by atoms with van der Waals surface area (Å²) in [4.78, 5) is 11.2. The van der Waals surface area contributed by atoms with Gasteiger partial charge in [-0.15, -0.1) is 0 Å². The van der Waals surface area contributed by atoms with Crippen molar-refractivity contribution in [2.45, 2.75) is 13.0 Å². The average Bonchev–Trinajstić information content (AvgIpc) is 2.34. The Balaban J connectivity index is 2.36. The normalized spacial score (nSPS) is 9.81. The quantitative estimate of drug-likeness (QED) is 0.691. The molecule has 0 aliphatic heterocycles. The molecule has 0 amide bonds. The molecule has 0 saturated carbocycles. The highest BCUT2D eigenvalue weighted by Crippen LogP contribution is 2.07. The predicted octanol–water partition coefficient (Wildman–Crippen LogP) is 2.41. The van der Waals surface area contributed by atoms with Gasteiger partial charge in [0.25, 0.3) is 0 Å². The van der Waals surface area contributed by atoms with Gasteiger partial charge in [-0.1, -0.05) is 36.9 Å². The van der Waals surface area contributed by atoms with E-state index in [1.807, 2.05) is 24.3 Å². The van der Waals surface area contributed by atoms with Crippen LogP contribution in [0.2, 0.25) is 0 Å². The van der Waals surface area contributed by atoms with E-state index in [4.69, 9.17) is 9.47 Å². The Bertz CT molecular complexity index is 341. The molecule has 3 heteroatoms. The van der Waals surface area contributed by atoms with E-state index in [9.17, 15) is 4.79 Å². The van der Waals surface area contributed by atoms with Crippen LogP contribution in [0.3, 0.4) is 0 Å². The zero-order valence-electron chi connectivity index (χ0n) is 9.44. The van der Waals surface area contributed by atoms with Gasteiger partial charge in [-0.25, -0.2) is 0 Å². The van der Waals surface area contributed by atoms with Crippen LogP contribution in [0.15, 0.2) is 30.8 Å². The smallest absolute Gasteiger partial charge is 0.308 e.